The van der Waals surface area contributed by atoms with Crippen LogP contribution in [0.15, 0.2) is 30.6 Å². The van der Waals surface area contributed by atoms with Crippen molar-refractivity contribution in [3.05, 3.63) is 36.3 Å². The molecular formula is C12H15N3. The molecule has 0 atom stereocenters. The number of anilines is 1. The first-order valence-electron chi connectivity index (χ1n) is 5.08. The van der Waals surface area contributed by atoms with Gasteiger partial charge in [0.25, 0.3) is 0 Å². The van der Waals surface area contributed by atoms with Gasteiger partial charge in [0.05, 0.1) is 12.0 Å². The van der Waals surface area contributed by atoms with Gasteiger partial charge in [0.2, 0.25) is 0 Å². The van der Waals surface area contributed by atoms with E-state index in [-0.39, 0.29) is 0 Å². The first kappa shape index (κ1) is 9.77. The lowest BCUT2D eigenvalue weighted by atomic mass is 10.0. The Morgan fingerprint density at radius 2 is 2.00 bits per heavy atom. The van der Waals surface area contributed by atoms with Gasteiger partial charge in [-0.25, -0.2) is 4.98 Å². The number of hydrogen-bond acceptors (Lipinski definition) is 2. The Hall–Kier alpha value is -1.77. The van der Waals surface area contributed by atoms with Crippen LogP contribution in [-0.2, 0) is 0 Å². The van der Waals surface area contributed by atoms with Crippen LogP contribution in [0.5, 0.6) is 0 Å². The Labute approximate surface area is 89.4 Å². The normalized spacial score (nSPS) is 10.9. The molecule has 0 fully saturated rings. The lowest BCUT2D eigenvalue weighted by molar-refractivity contribution is 0.835. The fraction of sp³-hybridized carbons (Fsp3) is 0.250. The second-order valence-electron chi connectivity index (χ2n) is 3.91. The molecule has 1 aromatic heterocycles. The SMILES string of the molecule is CC(C)c1[nH]cnc1-c1ccccc1N. The number of H-pyrrole nitrogens is 1. The highest BCUT2D eigenvalue weighted by Gasteiger charge is 2.12. The number of aromatic amines is 1. The Morgan fingerprint density at radius 3 is 2.67 bits per heavy atom. The first-order valence-corrected chi connectivity index (χ1v) is 5.08. The lowest BCUT2D eigenvalue weighted by Gasteiger charge is -2.07. The summed E-state index contributed by atoms with van der Waals surface area (Å²) in [5.74, 6) is 0.419. The molecule has 0 saturated heterocycles. The van der Waals surface area contributed by atoms with Crippen LogP contribution in [0.1, 0.15) is 25.5 Å². The number of nitrogens with one attached hydrogen (secondary N) is 1. The molecule has 3 heteroatoms. The van der Waals surface area contributed by atoms with Gasteiger partial charge in [0.15, 0.2) is 0 Å². The molecule has 0 spiro atoms. The van der Waals surface area contributed by atoms with Gasteiger partial charge in [-0.1, -0.05) is 32.0 Å². The number of nitrogens with two attached hydrogens (primary N) is 1. The van der Waals surface area contributed by atoms with Gasteiger partial charge in [-0.3, -0.25) is 0 Å². The number of rotatable bonds is 2. The van der Waals surface area contributed by atoms with Gasteiger partial charge in [-0.05, 0) is 12.0 Å². The molecule has 0 aliphatic carbocycles. The van der Waals surface area contributed by atoms with E-state index in [1.54, 1.807) is 6.33 Å². The smallest absolute Gasteiger partial charge is 0.0935 e. The van der Waals surface area contributed by atoms with Gasteiger partial charge < -0.3 is 10.7 Å². The van der Waals surface area contributed by atoms with E-state index in [2.05, 4.69) is 23.8 Å². The van der Waals surface area contributed by atoms with Crippen LogP contribution in [0, 0.1) is 0 Å². The highest BCUT2D eigenvalue weighted by molar-refractivity contribution is 5.75. The van der Waals surface area contributed by atoms with Gasteiger partial charge >= 0.3 is 0 Å². The molecule has 0 saturated carbocycles. The fourth-order valence-electron chi connectivity index (χ4n) is 1.67. The number of nitrogen functional groups attached to an aromatic ring is 1. The van der Waals surface area contributed by atoms with E-state index in [9.17, 15) is 0 Å². The summed E-state index contributed by atoms with van der Waals surface area (Å²) in [6.07, 6.45) is 1.72. The van der Waals surface area contributed by atoms with Crippen LogP contribution in [0.2, 0.25) is 0 Å². The van der Waals surface area contributed by atoms with Crippen molar-refractivity contribution in [1.82, 2.24) is 9.97 Å². The topological polar surface area (TPSA) is 54.7 Å². The molecule has 3 N–H and O–H groups in total. The molecule has 1 heterocycles. The molecule has 0 bridgehead atoms. The average molecular weight is 201 g/mol. The summed E-state index contributed by atoms with van der Waals surface area (Å²) in [6.45, 7) is 4.27. The molecule has 1 aromatic carbocycles. The first-order chi connectivity index (χ1) is 7.20. The van der Waals surface area contributed by atoms with Crippen molar-refractivity contribution in [1.29, 1.82) is 0 Å². The molecule has 2 rings (SSSR count). The zero-order chi connectivity index (χ0) is 10.8. The summed E-state index contributed by atoms with van der Waals surface area (Å²) < 4.78 is 0. The van der Waals surface area contributed by atoms with Crippen LogP contribution in [0.4, 0.5) is 5.69 Å². The van der Waals surface area contributed by atoms with E-state index in [0.717, 1.165) is 22.6 Å². The van der Waals surface area contributed by atoms with Crippen molar-refractivity contribution in [3.63, 3.8) is 0 Å². The largest absolute Gasteiger partial charge is 0.398 e. The standard InChI is InChI=1S/C12H15N3/c1-8(2)11-12(15-7-14-11)9-5-3-4-6-10(9)13/h3-8H,13H2,1-2H3,(H,14,15). The molecular weight excluding hydrogens is 186 g/mol. The van der Waals surface area contributed by atoms with E-state index in [1.165, 1.54) is 0 Å². The van der Waals surface area contributed by atoms with Crippen LogP contribution in [0.25, 0.3) is 11.3 Å². The van der Waals surface area contributed by atoms with Crippen LogP contribution < -0.4 is 5.73 Å². The summed E-state index contributed by atoms with van der Waals surface area (Å²) in [5, 5.41) is 0. The average Bonchev–Trinajstić information content (AvgIpc) is 2.67. The second-order valence-corrected chi connectivity index (χ2v) is 3.91. The maximum absolute atomic E-state index is 5.93. The highest BCUT2D eigenvalue weighted by atomic mass is 14.9. The van der Waals surface area contributed by atoms with Crippen molar-refractivity contribution in [2.45, 2.75) is 19.8 Å². The van der Waals surface area contributed by atoms with Crippen molar-refractivity contribution >= 4 is 5.69 Å². The molecule has 78 valence electrons. The predicted molar refractivity (Wildman–Crippen MR) is 62.5 cm³/mol. The molecule has 0 amide bonds. The van der Waals surface area contributed by atoms with Crippen LogP contribution in [-0.4, -0.2) is 9.97 Å². The maximum Gasteiger partial charge on any atom is 0.0935 e. The van der Waals surface area contributed by atoms with Crippen LogP contribution >= 0.6 is 0 Å². The molecule has 2 aromatic rings. The molecule has 0 unspecified atom stereocenters. The minimum absolute atomic E-state index is 0.419. The molecule has 0 aliphatic rings. The zero-order valence-corrected chi connectivity index (χ0v) is 8.99. The Kier molecular flexibility index (Phi) is 2.46. The van der Waals surface area contributed by atoms with Gasteiger partial charge in [0.1, 0.15) is 0 Å². The quantitative estimate of drug-likeness (QED) is 0.734. The molecule has 15 heavy (non-hydrogen) atoms. The van der Waals surface area contributed by atoms with E-state index in [0.29, 0.717) is 5.92 Å². The fourth-order valence-corrected chi connectivity index (χ4v) is 1.67. The number of para-hydroxylation sites is 1. The van der Waals surface area contributed by atoms with Gasteiger partial charge in [-0.15, -0.1) is 0 Å². The third kappa shape index (κ3) is 1.73. The van der Waals surface area contributed by atoms with Crippen molar-refractivity contribution in [2.24, 2.45) is 0 Å². The molecule has 0 aliphatic heterocycles. The summed E-state index contributed by atoms with van der Waals surface area (Å²) >= 11 is 0. The van der Waals surface area contributed by atoms with E-state index < -0.39 is 0 Å². The van der Waals surface area contributed by atoms with Gasteiger partial charge in [0, 0.05) is 16.9 Å². The third-order valence-electron chi connectivity index (χ3n) is 2.46. The summed E-state index contributed by atoms with van der Waals surface area (Å²) in [4.78, 5) is 7.50. The van der Waals surface area contributed by atoms with E-state index >= 15 is 0 Å². The molecule has 3 nitrogen and oxygen atoms in total. The second kappa shape index (κ2) is 3.77. The van der Waals surface area contributed by atoms with E-state index in [4.69, 9.17) is 5.73 Å². The minimum atomic E-state index is 0.419. The van der Waals surface area contributed by atoms with Crippen molar-refractivity contribution in [2.75, 3.05) is 5.73 Å². The van der Waals surface area contributed by atoms with Gasteiger partial charge in [-0.2, -0.15) is 0 Å². The maximum atomic E-state index is 5.93. The lowest BCUT2D eigenvalue weighted by Crippen LogP contribution is -1.95. The van der Waals surface area contributed by atoms with E-state index in [1.807, 2.05) is 24.3 Å². The molecule has 0 radical (unpaired) electrons. The number of aromatic nitrogens is 2. The van der Waals surface area contributed by atoms with Crippen molar-refractivity contribution < 1.29 is 0 Å². The minimum Gasteiger partial charge on any atom is -0.398 e. The Bertz CT molecular complexity index is 457. The summed E-state index contributed by atoms with van der Waals surface area (Å²) in [7, 11) is 0. The third-order valence-corrected chi connectivity index (χ3v) is 2.46. The monoisotopic (exact) mass is 201 g/mol. The zero-order valence-electron chi connectivity index (χ0n) is 8.99. The number of hydrogen-bond donors (Lipinski definition) is 2. The Balaban J connectivity index is 2.55. The highest BCUT2D eigenvalue weighted by Crippen LogP contribution is 2.29. The van der Waals surface area contributed by atoms with Crippen molar-refractivity contribution in [3.8, 4) is 11.3 Å². The summed E-state index contributed by atoms with van der Waals surface area (Å²) in [6, 6.07) is 7.80. The van der Waals surface area contributed by atoms with Crippen LogP contribution in [0.3, 0.4) is 0 Å². The number of nitrogens with zero attached hydrogens (tertiary/aromatic N) is 1. The number of imidazole rings is 1. The predicted octanol–water partition coefficient (Wildman–Crippen LogP) is 2.78. The number of benzene rings is 1. The summed E-state index contributed by atoms with van der Waals surface area (Å²) in [5.41, 5.74) is 9.79. The Morgan fingerprint density at radius 1 is 1.27 bits per heavy atom.